The van der Waals surface area contributed by atoms with Crippen molar-refractivity contribution in [3.8, 4) is 0 Å². The molecular formula is C8H7Br2FO. The first-order valence-electron chi connectivity index (χ1n) is 3.32. The van der Waals surface area contributed by atoms with Crippen LogP contribution in [0.15, 0.2) is 16.6 Å². The van der Waals surface area contributed by atoms with Gasteiger partial charge in [-0.3, -0.25) is 0 Å². The lowest BCUT2D eigenvalue weighted by Crippen LogP contribution is -1.94. The average molecular weight is 298 g/mol. The molecule has 66 valence electrons. The maximum atomic E-state index is 12.8. The van der Waals surface area contributed by atoms with E-state index in [0.29, 0.717) is 15.4 Å². The van der Waals surface area contributed by atoms with Crippen LogP contribution in [0, 0.1) is 5.82 Å². The first-order valence-corrected chi connectivity index (χ1v) is 5.24. The molecule has 1 nitrogen and oxygen atoms in total. The summed E-state index contributed by atoms with van der Waals surface area (Å²) < 4.78 is 13.5. The van der Waals surface area contributed by atoms with Crippen molar-refractivity contribution in [2.75, 3.05) is 0 Å². The third-order valence-corrected chi connectivity index (χ3v) is 2.82. The van der Waals surface area contributed by atoms with Crippen LogP contribution in [0.2, 0.25) is 0 Å². The van der Waals surface area contributed by atoms with Crippen molar-refractivity contribution in [2.45, 2.75) is 11.9 Å². The molecule has 0 saturated carbocycles. The van der Waals surface area contributed by atoms with Crippen LogP contribution in [0.4, 0.5) is 4.39 Å². The van der Waals surface area contributed by atoms with E-state index in [1.54, 1.807) is 0 Å². The summed E-state index contributed by atoms with van der Waals surface area (Å²) in [5.41, 5.74) is 1.50. The molecule has 0 atom stereocenters. The molecule has 12 heavy (non-hydrogen) atoms. The Morgan fingerprint density at radius 2 is 2.08 bits per heavy atom. The highest BCUT2D eigenvalue weighted by Crippen LogP contribution is 2.24. The molecule has 0 aliphatic heterocycles. The van der Waals surface area contributed by atoms with E-state index in [9.17, 15) is 4.39 Å². The van der Waals surface area contributed by atoms with Gasteiger partial charge < -0.3 is 5.11 Å². The zero-order valence-corrected chi connectivity index (χ0v) is 9.32. The zero-order valence-electron chi connectivity index (χ0n) is 6.15. The number of rotatable bonds is 2. The number of aliphatic hydroxyl groups is 1. The van der Waals surface area contributed by atoms with Gasteiger partial charge in [-0.05, 0) is 23.3 Å². The molecule has 0 radical (unpaired) electrons. The SMILES string of the molecule is OCc1cc(F)cc(Br)c1CBr. The molecule has 1 aromatic carbocycles. The molecule has 0 aliphatic carbocycles. The van der Waals surface area contributed by atoms with Crippen molar-refractivity contribution in [3.05, 3.63) is 33.5 Å². The van der Waals surface area contributed by atoms with Gasteiger partial charge in [-0.15, -0.1) is 0 Å². The molecule has 0 unspecified atom stereocenters. The molecule has 0 saturated heterocycles. The van der Waals surface area contributed by atoms with Crippen molar-refractivity contribution in [3.63, 3.8) is 0 Å². The summed E-state index contributed by atoms with van der Waals surface area (Å²) in [7, 11) is 0. The third-order valence-electron chi connectivity index (χ3n) is 1.56. The summed E-state index contributed by atoms with van der Waals surface area (Å²) in [6, 6.07) is 2.72. The third kappa shape index (κ3) is 2.06. The normalized spacial score (nSPS) is 10.3. The van der Waals surface area contributed by atoms with Crippen molar-refractivity contribution in [2.24, 2.45) is 0 Å². The smallest absolute Gasteiger partial charge is 0.124 e. The number of hydrogen-bond donors (Lipinski definition) is 1. The van der Waals surface area contributed by atoms with E-state index < -0.39 is 0 Å². The van der Waals surface area contributed by atoms with E-state index in [1.165, 1.54) is 12.1 Å². The van der Waals surface area contributed by atoms with Gasteiger partial charge in [0.2, 0.25) is 0 Å². The fourth-order valence-electron chi connectivity index (χ4n) is 0.948. The average Bonchev–Trinajstić information content (AvgIpc) is 2.03. The first kappa shape index (κ1) is 10.2. The molecule has 1 N–H and O–H groups in total. The lowest BCUT2D eigenvalue weighted by atomic mass is 10.1. The summed E-state index contributed by atoms with van der Waals surface area (Å²) in [5, 5.41) is 9.49. The number of halogens is 3. The molecule has 1 rings (SSSR count). The highest BCUT2D eigenvalue weighted by atomic mass is 79.9. The van der Waals surface area contributed by atoms with Crippen LogP contribution >= 0.6 is 31.9 Å². The van der Waals surface area contributed by atoms with Crippen LogP contribution in [-0.2, 0) is 11.9 Å². The summed E-state index contributed by atoms with van der Waals surface area (Å²) in [4.78, 5) is 0. The Kier molecular flexibility index (Phi) is 3.68. The van der Waals surface area contributed by atoms with Crippen LogP contribution in [0.25, 0.3) is 0 Å². The summed E-state index contributed by atoms with van der Waals surface area (Å²) in [6.45, 7) is -0.142. The fourth-order valence-corrected chi connectivity index (χ4v) is 2.60. The standard InChI is InChI=1S/C8H7Br2FO/c9-3-7-5(4-12)1-6(11)2-8(7)10/h1-2,12H,3-4H2. The van der Waals surface area contributed by atoms with Gasteiger partial charge >= 0.3 is 0 Å². The molecule has 0 heterocycles. The monoisotopic (exact) mass is 296 g/mol. The molecule has 0 aliphatic rings. The van der Waals surface area contributed by atoms with Gasteiger partial charge in [0.05, 0.1) is 6.61 Å². The maximum Gasteiger partial charge on any atom is 0.124 e. The number of aliphatic hydroxyl groups excluding tert-OH is 1. The predicted molar refractivity (Wildman–Crippen MR) is 52.7 cm³/mol. The van der Waals surface area contributed by atoms with Gasteiger partial charge in [-0.25, -0.2) is 4.39 Å². The Morgan fingerprint density at radius 1 is 1.42 bits per heavy atom. The summed E-state index contributed by atoms with van der Waals surface area (Å²) >= 11 is 6.48. The number of hydrogen-bond acceptors (Lipinski definition) is 1. The van der Waals surface area contributed by atoms with Crippen LogP contribution in [0.3, 0.4) is 0 Å². The Balaban J connectivity index is 3.24. The molecule has 0 spiro atoms. The van der Waals surface area contributed by atoms with Crippen LogP contribution in [0.1, 0.15) is 11.1 Å². The topological polar surface area (TPSA) is 20.2 Å². The second-order valence-corrected chi connectivity index (χ2v) is 3.73. The second kappa shape index (κ2) is 4.35. The van der Waals surface area contributed by atoms with Gasteiger partial charge in [0, 0.05) is 9.80 Å². The van der Waals surface area contributed by atoms with Crippen LogP contribution in [0.5, 0.6) is 0 Å². The van der Waals surface area contributed by atoms with E-state index in [1.807, 2.05) is 0 Å². The quantitative estimate of drug-likeness (QED) is 0.832. The maximum absolute atomic E-state index is 12.8. The molecule has 0 aromatic heterocycles. The number of benzene rings is 1. The van der Waals surface area contributed by atoms with Crippen molar-refractivity contribution < 1.29 is 9.50 Å². The predicted octanol–water partition coefficient (Wildman–Crippen LogP) is 2.98. The van der Waals surface area contributed by atoms with Gasteiger partial charge in [-0.2, -0.15) is 0 Å². The molecular weight excluding hydrogens is 291 g/mol. The van der Waals surface area contributed by atoms with Crippen molar-refractivity contribution >= 4 is 31.9 Å². The largest absolute Gasteiger partial charge is 0.392 e. The Labute approximate surface area is 86.9 Å². The Hall–Kier alpha value is 0.0700. The van der Waals surface area contributed by atoms with E-state index in [4.69, 9.17) is 5.11 Å². The zero-order chi connectivity index (χ0) is 9.14. The fraction of sp³-hybridized carbons (Fsp3) is 0.250. The van der Waals surface area contributed by atoms with E-state index in [0.717, 1.165) is 5.56 Å². The van der Waals surface area contributed by atoms with Gasteiger partial charge in [0.1, 0.15) is 5.82 Å². The highest BCUT2D eigenvalue weighted by molar-refractivity contribution is 9.10. The minimum Gasteiger partial charge on any atom is -0.392 e. The molecule has 1 aromatic rings. The van der Waals surface area contributed by atoms with Gasteiger partial charge in [-0.1, -0.05) is 31.9 Å². The lowest BCUT2D eigenvalue weighted by molar-refractivity contribution is 0.280. The van der Waals surface area contributed by atoms with E-state index in [2.05, 4.69) is 31.9 Å². The number of alkyl halides is 1. The van der Waals surface area contributed by atoms with Crippen molar-refractivity contribution in [1.82, 2.24) is 0 Å². The second-order valence-electron chi connectivity index (χ2n) is 2.32. The van der Waals surface area contributed by atoms with Crippen LogP contribution < -0.4 is 0 Å². The summed E-state index contributed by atoms with van der Waals surface area (Å²) in [6.07, 6.45) is 0. The molecule has 4 heteroatoms. The lowest BCUT2D eigenvalue weighted by Gasteiger charge is -2.06. The minimum absolute atomic E-state index is 0.142. The van der Waals surface area contributed by atoms with Crippen molar-refractivity contribution in [1.29, 1.82) is 0 Å². The minimum atomic E-state index is -0.337. The molecule has 0 amide bonds. The summed E-state index contributed by atoms with van der Waals surface area (Å²) in [5.74, 6) is -0.337. The first-order chi connectivity index (χ1) is 5.69. The van der Waals surface area contributed by atoms with Crippen LogP contribution in [-0.4, -0.2) is 5.11 Å². The van der Waals surface area contributed by atoms with Gasteiger partial charge in [0.15, 0.2) is 0 Å². The van der Waals surface area contributed by atoms with E-state index >= 15 is 0 Å². The highest BCUT2D eigenvalue weighted by Gasteiger charge is 2.06. The Bertz CT molecular complexity index is 289. The molecule has 0 bridgehead atoms. The van der Waals surface area contributed by atoms with E-state index in [-0.39, 0.29) is 12.4 Å². The van der Waals surface area contributed by atoms with Gasteiger partial charge in [0.25, 0.3) is 0 Å². The Morgan fingerprint density at radius 3 is 2.58 bits per heavy atom. The molecule has 0 fully saturated rings.